The second-order valence-corrected chi connectivity index (χ2v) is 7.40. The molecule has 0 spiro atoms. The Kier molecular flexibility index (Phi) is 4.65. The Morgan fingerprint density at radius 3 is 2.00 bits per heavy atom. The fourth-order valence-corrected chi connectivity index (χ4v) is 2.92. The molecule has 0 bridgehead atoms. The van der Waals surface area contributed by atoms with Gasteiger partial charge < -0.3 is 4.72 Å². The SMILES string of the molecule is NS(=O)(=O)c1ccc([N-]S(=O)(=O)C=Cc2ccccc2)cc1. The zero-order valence-electron chi connectivity index (χ0n) is 11.3. The first-order valence-electron chi connectivity index (χ1n) is 6.10. The number of nitrogens with two attached hydrogens (primary N) is 1. The van der Waals surface area contributed by atoms with E-state index in [1.54, 1.807) is 24.3 Å². The molecule has 116 valence electrons. The first-order chi connectivity index (χ1) is 10.3. The zero-order valence-corrected chi connectivity index (χ0v) is 13.0. The van der Waals surface area contributed by atoms with E-state index in [4.69, 9.17) is 5.14 Å². The topological polar surface area (TPSA) is 108 Å². The molecule has 0 aliphatic rings. The minimum atomic E-state index is -3.82. The first kappa shape index (κ1) is 16.2. The molecule has 0 unspecified atom stereocenters. The van der Waals surface area contributed by atoms with E-state index in [9.17, 15) is 16.8 Å². The van der Waals surface area contributed by atoms with Crippen molar-refractivity contribution < 1.29 is 16.8 Å². The average molecular weight is 337 g/mol. The molecule has 2 N–H and O–H groups in total. The van der Waals surface area contributed by atoms with Crippen molar-refractivity contribution in [3.63, 3.8) is 0 Å². The Labute approximate surface area is 129 Å². The van der Waals surface area contributed by atoms with Crippen molar-refractivity contribution in [1.82, 2.24) is 0 Å². The van der Waals surface area contributed by atoms with Crippen molar-refractivity contribution in [2.45, 2.75) is 4.90 Å². The van der Waals surface area contributed by atoms with Gasteiger partial charge in [-0.1, -0.05) is 42.5 Å². The second-order valence-electron chi connectivity index (χ2n) is 4.36. The lowest BCUT2D eigenvalue weighted by Crippen LogP contribution is -2.11. The molecule has 22 heavy (non-hydrogen) atoms. The molecule has 2 rings (SSSR count). The lowest BCUT2D eigenvalue weighted by atomic mass is 10.2. The molecule has 0 saturated heterocycles. The number of sulfonamides is 2. The molecule has 0 fully saturated rings. The molecule has 0 saturated carbocycles. The van der Waals surface area contributed by atoms with Crippen molar-refractivity contribution in [3.8, 4) is 0 Å². The van der Waals surface area contributed by atoms with Crippen molar-refractivity contribution in [2.24, 2.45) is 5.14 Å². The molecule has 6 nitrogen and oxygen atoms in total. The summed E-state index contributed by atoms with van der Waals surface area (Å²) in [5, 5.41) is 5.94. The summed E-state index contributed by atoms with van der Waals surface area (Å²) in [6.07, 6.45) is 1.43. The minimum Gasteiger partial charge on any atom is -0.573 e. The van der Waals surface area contributed by atoms with Crippen LogP contribution in [0.5, 0.6) is 0 Å². The van der Waals surface area contributed by atoms with Crippen LogP contribution in [0.4, 0.5) is 5.69 Å². The second kappa shape index (κ2) is 6.30. The summed E-state index contributed by atoms with van der Waals surface area (Å²) in [5.41, 5.74) is 0.843. The zero-order chi connectivity index (χ0) is 16.2. The summed E-state index contributed by atoms with van der Waals surface area (Å²) < 4.78 is 49.5. The Bertz CT molecular complexity index is 872. The number of hydrogen-bond acceptors (Lipinski definition) is 4. The van der Waals surface area contributed by atoms with Crippen LogP contribution in [0.1, 0.15) is 5.56 Å². The first-order valence-corrected chi connectivity index (χ1v) is 9.15. The highest BCUT2D eigenvalue weighted by molar-refractivity contribution is 7.97. The van der Waals surface area contributed by atoms with Crippen LogP contribution >= 0.6 is 0 Å². The predicted molar refractivity (Wildman–Crippen MR) is 85.2 cm³/mol. The van der Waals surface area contributed by atoms with Gasteiger partial charge in [0.1, 0.15) is 10.0 Å². The standard InChI is InChI=1S/C14H13N2O4S2/c15-22(19,20)14-8-6-13(7-9-14)16-21(17,18)11-10-12-4-2-1-3-5-12/h1-11H,(H2,15,19,20)/q-1. The Balaban J connectivity index is 2.14. The average Bonchev–Trinajstić information content (AvgIpc) is 2.46. The summed E-state index contributed by atoms with van der Waals surface area (Å²) in [5.74, 6) is 0. The lowest BCUT2D eigenvalue weighted by molar-refractivity contribution is 0.597. The smallest absolute Gasteiger partial charge is 0.238 e. The van der Waals surface area contributed by atoms with E-state index in [1.165, 1.54) is 30.3 Å². The highest BCUT2D eigenvalue weighted by atomic mass is 32.2. The van der Waals surface area contributed by atoms with Crippen LogP contribution in [0.25, 0.3) is 10.8 Å². The number of primary sulfonamides is 1. The van der Waals surface area contributed by atoms with E-state index in [0.29, 0.717) is 0 Å². The Hall–Kier alpha value is -2.16. The quantitative estimate of drug-likeness (QED) is 0.903. The molecular formula is C14H13N2O4S2-. The van der Waals surface area contributed by atoms with Crippen LogP contribution in [0.15, 0.2) is 64.9 Å². The molecule has 0 amide bonds. The van der Waals surface area contributed by atoms with Gasteiger partial charge in [-0.2, -0.15) is 0 Å². The third kappa shape index (κ3) is 4.69. The summed E-state index contributed by atoms with van der Waals surface area (Å²) in [7, 11) is -7.63. The molecule has 8 heteroatoms. The fourth-order valence-electron chi connectivity index (χ4n) is 1.60. The molecule has 0 radical (unpaired) electrons. The van der Waals surface area contributed by atoms with Crippen LogP contribution in [0, 0.1) is 0 Å². The third-order valence-corrected chi connectivity index (χ3v) is 4.50. The van der Waals surface area contributed by atoms with Crippen LogP contribution in [-0.2, 0) is 20.0 Å². The lowest BCUT2D eigenvalue weighted by Gasteiger charge is -2.19. The van der Waals surface area contributed by atoms with Gasteiger partial charge >= 0.3 is 0 Å². The van der Waals surface area contributed by atoms with Gasteiger partial charge in [-0.15, -0.1) is 5.69 Å². The van der Waals surface area contributed by atoms with Crippen LogP contribution in [-0.4, -0.2) is 16.8 Å². The van der Waals surface area contributed by atoms with Gasteiger partial charge in [0.25, 0.3) is 0 Å². The molecule has 0 heterocycles. The largest absolute Gasteiger partial charge is 0.573 e. The minimum absolute atomic E-state index is 0.108. The maximum absolute atomic E-state index is 11.9. The van der Waals surface area contributed by atoms with E-state index in [2.05, 4.69) is 4.72 Å². The monoisotopic (exact) mass is 337 g/mol. The summed E-state index contributed by atoms with van der Waals surface area (Å²) in [4.78, 5) is -0.108. The predicted octanol–water partition coefficient (Wildman–Crippen LogP) is 2.34. The molecule has 0 aliphatic carbocycles. The maximum atomic E-state index is 11.9. The summed E-state index contributed by atoms with van der Waals surface area (Å²) >= 11 is 0. The van der Waals surface area contributed by atoms with Gasteiger partial charge in [-0.05, 0) is 23.8 Å². The number of benzene rings is 2. The third-order valence-electron chi connectivity index (χ3n) is 2.63. The molecule has 2 aromatic rings. The van der Waals surface area contributed by atoms with Gasteiger partial charge in [0, 0.05) is 5.41 Å². The van der Waals surface area contributed by atoms with Gasteiger partial charge in [0.2, 0.25) is 10.0 Å². The fraction of sp³-hybridized carbons (Fsp3) is 0. The summed E-state index contributed by atoms with van der Waals surface area (Å²) in [6.45, 7) is 0. The highest BCUT2D eigenvalue weighted by Crippen LogP contribution is 2.25. The van der Waals surface area contributed by atoms with Gasteiger partial charge in [-0.25, -0.2) is 22.0 Å². The summed E-state index contributed by atoms with van der Waals surface area (Å²) in [6, 6.07) is 13.9. The maximum Gasteiger partial charge on any atom is 0.238 e. The van der Waals surface area contributed by atoms with Gasteiger partial charge in [0.15, 0.2) is 0 Å². The molecular weight excluding hydrogens is 324 g/mol. The number of nitrogens with zero attached hydrogens (tertiary/aromatic N) is 1. The van der Waals surface area contributed by atoms with E-state index in [0.717, 1.165) is 11.0 Å². The number of rotatable bonds is 5. The van der Waals surface area contributed by atoms with E-state index in [-0.39, 0.29) is 10.6 Å². The molecule has 0 aliphatic heterocycles. The molecule has 0 atom stereocenters. The molecule has 2 aromatic carbocycles. The van der Waals surface area contributed by atoms with E-state index in [1.807, 2.05) is 6.07 Å². The number of hydrogen-bond donors (Lipinski definition) is 1. The van der Waals surface area contributed by atoms with Crippen molar-refractivity contribution >= 4 is 31.8 Å². The van der Waals surface area contributed by atoms with Crippen molar-refractivity contribution in [1.29, 1.82) is 0 Å². The van der Waals surface area contributed by atoms with E-state index >= 15 is 0 Å². The van der Waals surface area contributed by atoms with E-state index < -0.39 is 20.0 Å². The van der Waals surface area contributed by atoms with Crippen LogP contribution < -0.4 is 5.14 Å². The van der Waals surface area contributed by atoms with Crippen molar-refractivity contribution in [2.75, 3.05) is 0 Å². The van der Waals surface area contributed by atoms with Gasteiger partial charge in [0.05, 0.1) is 4.90 Å². The highest BCUT2D eigenvalue weighted by Gasteiger charge is 2.05. The Morgan fingerprint density at radius 1 is 0.864 bits per heavy atom. The van der Waals surface area contributed by atoms with Gasteiger partial charge in [-0.3, -0.25) is 0 Å². The molecule has 0 aromatic heterocycles. The Morgan fingerprint density at radius 2 is 1.45 bits per heavy atom. The van der Waals surface area contributed by atoms with Crippen LogP contribution in [0.3, 0.4) is 0 Å². The van der Waals surface area contributed by atoms with Crippen molar-refractivity contribution in [3.05, 3.63) is 70.3 Å². The normalized spacial score (nSPS) is 12.4. The van der Waals surface area contributed by atoms with Crippen LogP contribution in [0.2, 0.25) is 0 Å².